The molecule has 1 saturated heterocycles. The summed E-state index contributed by atoms with van der Waals surface area (Å²) in [6, 6.07) is 0.502. The molecule has 5 nitrogen and oxygen atoms in total. The second-order valence-electron chi connectivity index (χ2n) is 6.17. The Kier molecular flexibility index (Phi) is 4.81. The number of primary amides is 1. The van der Waals surface area contributed by atoms with Gasteiger partial charge in [0.25, 0.3) is 0 Å². The van der Waals surface area contributed by atoms with E-state index in [0.29, 0.717) is 12.1 Å². The van der Waals surface area contributed by atoms with Crippen molar-refractivity contribution in [1.82, 2.24) is 10.2 Å². The number of hydrogen-bond acceptors (Lipinski definition) is 4. The highest BCUT2D eigenvalue weighted by atomic mass is 16.5. The first-order valence-corrected chi connectivity index (χ1v) is 7.36. The highest BCUT2D eigenvalue weighted by Crippen LogP contribution is 2.25. The molecule has 0 radical (unpaired) electrons. The van der Waals surface area contributed by atoms with E-state index in [2.05, 4.69) is 10.2 Å². The number of nitrogens with two attached hydrogens (primary N) is 1. The molecule has 1 amide bonds. The zero-order chi connectivity index (χ0) is 13.9. The molecule has 1 saturated carbocycles. The van der Waals surface area contributed by atoms with Crippen LogP contribution in [0, 0.1) is 0 Å². The van der Waals surface area contributed by atoms with Crippen molar-refractivity contribution in [3.63, 3.8) is 0 Å². The summed E-state index contributed by atoms with van der Waals surface area (Å²) in [7, 11) is 1.78. The zero-order valence-electron chi connectivity index (χ0n) is 12.2. The fraction of sp³-hybridized carbons (Fsp3) is 0.929. The molecule has 0 aromatic carbocycles. The number of methoxy groups -OCH3 is 1. The van der Waals surface area contributed by atoms with Crippen molar-refractivity contribution >= 4 is 5.91 Å². The van der Waals surface area contributed by atoms with E-state index >= 15 is 0 Å². The van der Waals surface area contributed by atoms with E-state index < -0.39 is 5.54 Å². The van der Waals surface area contributed by atoms with Gasteiger partial charge in [0.05, 0.1) is 11.6 Å². The largest absolute Gasteiger partial charge is 0.380 e. The minimum Gasteiger partial charge on any atom is -0.380 e. The van der Waals surface area contributed by atoms with Crippen LogP contribution in [0.5, 0.6) is 0 Å². The second-order valence-corrected chi connectivity index (χ2v) is 6.17. The number of nitrogens with zero attached hydrogens (tertiary/aromatic N) is 1. The summed E-state index contributed by atoms with van der Waals surface area (Å²) in [6.45, 7) is 5.08. The number of carbonyl (C=O) groups excluding carboxylic acids is 1. The molecule has 2 unspecified atom stereocenters. The molecule has 19 heavy (non-hydrogen) atoms. The van der Waals surface area contributed by atoms with Gasteiger partial charge in [-0.05, 0) is 45.6 Å². The van der Waals surface area contributed by atoms with Gasteiger partial charge in [0.15, 0.2) is 0 Å². The van der Waals surface area contributed by atoms with Crippen molar-refractivity contribution in [1.29, 1.82) is 0 Å². The molecule has 0 spiro atoms. The molecule has 0 aromatic rings. The van der Waals surface area contributed by atoms with Crippen LogP contribution in [0.1, 0.15) is 39.0 Å². The third-order valence-corrected chi connectivity index (χ3v) is 4.36. The average molecular weight is 269 g/mol. The Morgan fingerprint density at radius 2 is 2.21 bits per heavy atom. The molecule has 1 heterocycles. The van der Waals surface area contributed by atoms with Crippen LogP contribution in [0.4, 0.5) is 0 Å². The minimum absolute atomic E-state index is 0.226. The van der Waals surface area contributed by atoms with Crippen LogP contribution in [0.2, 0.25) is 0 Å². The minimum atomic E-state index is -0.540. The standard InChI is InChI=1S/C14H27N3O2/c1-14(13(15)18,16-11-4-5-11)7-3-8-17-9-6-12(10-17)19-2/h11-12,16H,3-10H2,1-2H3,(H2,15,18). The predicted octanol–water partition coefficient (Wildman–Crippen LogP) is 0.483. The van der Waals surface area contributed by atoms with Gasteiger partial charge in [0.2, 0.25) is 5.91 Å². The Balaban J connectivity index is 1.71. The van der Waals surface area contributed by atoms with Crippen LogP contribution in [0.15, 0.2) is 0 Å². The van der Waals surface area contributed by atoms with Crippen molar-refractivity contribution in [2.24, 2.45) is 5.73 Å². The molecule has 0 bridgehead atoms. The molecule has 1 aliphatic heterocycles. The Bertz CT molecular complexity index is 320. The number of nitrogens with one attached hydrogen (secondary N) is 1. The quantitative estimate of drug-likeness (QED) is 0.673. The summed E-state index contributed by atoms with van der Waals surface area (Å²) in [5.41, 5.74) is 5.01. The molecule has 2 aliphatic rings. The van der Waals surface area contributed by atoms with E-state index in [-0.39, 0.29) is 5.91 Å². The second kappa shape index (κ2) is 6.20. The van der Waals surface area contributed by atoms with Crippen LogP contribution in [-0.4, -0.2) is 55.2 Å². The van der Waals surface area contributed by atoms with E-state index in [4.69, 9.17) is 10.5 Å². The molecule has 2 atom stereocenters. The summed E-state index contributed by atoms with van der Waals surface area (Å²) in [4.78, 5) is 14.0. The highest BCUT2D eigenvalue weighted by Gasteiger charge is 2.36. The van der Waals surface area contributed by atoms with Crippen molar-refractivity contribution in [3.8, 4) is 0 Å². The first kappa shape index (κ1) is 14.8. The predicted molar refractivity (Wildman–Crippen MR) is 74.8 cm³/mol. The highest BCUT2D eigenvalue weighted by molar-refractivity contribution is 5.84. The third-order valence-electron chi connectivity index (χ3n) is 4.36. The number of amides is 1. The lowest BCUT2D eigenvalue weighted by molar-refractivity contribution is -0.124. The van der Waals surface area contributed by atoms with Crippen LogP contribution < -0.4 is 11.1 Å². The van der Waals surface area contributed by atoms with Gasteiger partial charge in [-0.15, -0.1) is 0 Å². The Morgan fingerprint density at radius 1 is 1.47 bits per heavy atom. The van der Waals surface area contributed by atoms with E-state index in [1.54, 1.807) is 7.11 Å². The van der Waals surface area contributed by atoms with Gasteiger partial charge in [0.1, 0.15) is 0 Å². The van der Waals surface area contributed by atoms with Crippen LogP contribution in [0.25, 0.3) is 0 Å². The topological polar surface area (TPSA) is 67.6 Å². The molecule has 110 valence electrons. The molecule has 5 heteroatoms. The third kappa shape index (κ3) is 4.16. The van der Waals surface area contributed by atoms with Crippen molar-refractivity contribution in [3.05, 3.63) is 0 Å². The van der Waals surface area contributed by atoms with Gasteiger partial charge in [-0.3, -0.25) is 4.79 Å². The Hall–Kier alpha value is -0.650. The van der Waals surface area contributed by atoms with Gasteiger partial charge in [-0.2, -0.15) is 0 Å². The van der Waals surface area contributed by atoms with Gasteiger partial charge >= 0.3 is 0 Å². The van der Waals surface area contributed by atoms with Gasteiger partial charge in [-0.1, -0.05) is 0 Å². The number of rotatable bonds is 8. The Morgan fingerprint density at radius 3 is 2.74 bits per heavy atom. The van der Waals surface area contributed by atoms with E-state index in [1.807, 2.05) is 6.92 Å². The van der Waals surface area contributed by atoms with Crippen molar-refractivity contribution < 1.29 is 9.53 Å². The fourth-order valence-electron chi connectivity index (χ4n) is 2.79. The van der Waals surface area contributed by atoms with Gasteiger partial charge in [0, 0.05) is 26.2 Å². The first-order chi connectivity index (χ1) is 9.03. The summed E-state index contributed by atoms with van der Waals surface area (Å²) in [6.07, 6.45) is 5.65. The lowest BCUT2D eigenvalue weighted by atomic mass is 9.94. The average Bonchev–Trinajstić information content (AvgIpc) is 3.05. The maximum absolute atomic E-state index is 11.6. The first-order valence-electron chi connectivity index (χ1n) is 7.36. The lowest BCUT2D eigenvalue weighted by Crippen LogP contribution is -2.54. The molecule has 2 rings (SSSR count). The maximum atomic E-state index is 11.6. The maximum Gasteiger partial charge on any atom is 0.237 e. The molecule has 2 fully saturated rings. The summed E-state index contributed by atoms with van der Waals surface area (Å²) >= 11 is 0. The van der Waals surface area contributed by atoms with E-state index in [1.165, 1.54) is 12.8 Å². The molecular formula is C14H27N3O2. The van der Waals surface area contributed by atoms with Crippen LogP contribution >= 0.6 is 0 Å². The van der Waals surface area contributed by atoms with Gasteiger partial charge in [-0.25, -0.2) is 0 Å². The lowest BCUT2D eigenvalue weighted by Gasteiger charge is -2.28. The number of hydrogen-bond donors (Lipinski definition) is 2. The molecular weight excluding hydrogens is 242 g/mol. The van der Waals surface area contributed by atoms with Crippen LogP contribution in [0.3, 0.4) is 0 Å². The summed E-state index contributed by atoms with van der Waals surface area (Å²) in [5, 5.41) is 3.39. The Labute approximate surface area is 115 Å². The summed E-state index contributed by atoms with van der Waals surface area (Å²) < 4.78 is 5.36. The van der Waals surface area contributed by atoms with Crippen LogP contribution in [-0.2, 0) is 9.53 Å². The fourth-order valence-corrected chi connectivity index (χ4v) is 2.79. The molecule has 1 aliphatic carbocycles. The number of ether oxygens (including phenoxy) is 1. The smallest absolute Gasteiger partial charge is 0.237 e. The number of likely N-dealkylation sites (tertiary alicyclic amines) is 1. The normalized spacial score (nSPS) is 27.4. The monoisotopic (exact) mass is 269 g/mol. The van der Waals surface area contributed by atoms with Gasteiger partial charge < -0.3 is 20.7 Å². The van der Waals surface area contributed by atoms with E-state index in [0.717, 1.165) is 38.9 Å². The summed E-state index contributed by atoms with van der Waals surface area (Å²) in [5.74, 6) is -0.226. The SMILES string of the molecule is COC1CCN(CCCC(C)(NC2CC2)C(N)=O)C1. The van der Waals surface area contributed by atoms with Crippen molar-refractivity contribution in [2.45, 2.75) is 56.7 Å². The number of carbonyl (C=O) groups is 1. The zero-order valence-corrected chi connectivity index (χ0v) is 12.2. The molecule has 0 aromatic heterocycles. The molecule has 3 N–H and O–H groups in total. The van der Waals surface area contributed by atoms with E-state index in [9.17, 15) is 4.79 Å². The van der Waals surface area contributed by atoms with Crippen molar-refractivity contribution in [2.75, 3.05) is 26.7 Å².